The number of H-pyrrole nitrogens is 1. The number of aromatic nitrogens is 1. The quantitative estimate of drug-likeness (QED) is 0.186. The molecule has 31 heavy (non-hydrogen) atoms. The number of unbranched alkanes of at least 4 members (excludes halogenated alkanes) is 11. The van der Waals surface area contributed by atoms with Crippen molar-refractivity contribution in [2.45, 2.75) is 103 Å². The number of benzene rings is 1. The summed E-state index contributed by atoms with van der Waals surface area (Å²) in [7, 11) is 0. The first-order chi connectivity index (χ1) is 15.3. The molecule has 0 aliphatic rings. The molecule has 1 amide bonds. The first-order valence-electron chi connectivity index (χ1n) is 12.8. The normalized spacial score (nSPS) is 11.5. The number of carbonyl (C=O) groups is 1. The molecule has 1 aromatic carbocycles. The molecule has 0 saturated carbocycles. The summed E-state index contributed by atoms with van der Waals surface area (Å²) in [6.07, 6.45) is 25.1. The highest BCUT2D eigenvalue weighted by Gasteiger charge is 2.04. The molecule has 0 spiro atoms. The van der Waals surface area contributed by atoms with Gasteiger partial charge in [-0.15, -0.1) is 0 Å². The van der Waals surface area contributed by atoms with Crippen molar-refractivity contribution in [3.63, 3.8) is 0 Å². The van der Waals surface area contributed by atoms with Gasteiger partial charge >= 0.3 is 0 Å². The van der Waals surface area contributed by atoms with Crippen LogP contribution in [-0.2, 0) is 11.2 Å². The molecule has 2 rings (SSSR count). The lowest BCUT2D eigenvalue weighted by atomic mass is 10.1. The molecular weight excluding hydrogens is 380 g/mol. The van der Waals surface area contributed by atoms with E-state index in [1.165, 1.54) is 81.6 Å². The largest absolute Gasteiger partial charge is 0.361 e. The lowest BCUT2D eigenvalue weighted by Crippen LogP contribution is -2.25. The number of carbonyl (C=O) groups excluding carboxylic acids is 1. The van der Waals surface area contributed by atoms with E-state index in [1.807, 2.05) is 6.07 Å². The van der Waals surface area contributed by atoms with E-state index in [4.69, 9.17) is 0 Å². The highest BCUT2D eigenvalue weighted by Crippen LogP contribution is 2.17. The van der Waals surface area contributed by atoms with Crippen molar-refractivity contribution in [3.05, 3.63) is 48.2 Å². The van der Waals surface area contributed by atoms with E-state index in [2.05, 4.69) is 53.8 Å². The van der Waals surface area contributed by atoms with Crippen molar-refractivity contribution in [3.8, 4) is 0 Å². The van der Waals surface area contributed by atoms with Crippen LogP contribution in [0.25, 0.3) is 10.9 Å². The lowest BCUT2D eigenvalue weighted by Gasteiger charge is -2.05. The molecular formula is C28H44N2O. The molecule has 2 aromatic rings. The molecule has 0 aliphatic heterocycles. The predicted octanol–water partition coefficient (Wildman–Crippen LogP) is 7.86. The first-order valence-corrected chi connectivity index (χ1v) is 12.8. The Morgan fingerprint density at radius 3 is 2.26 bits per heavy atom. The van der Waals surface area contributed by atoms with Crippen molar-refractivity contribution in [2.24, 2.45) is 0 Å². The Balaban J connectivity index is 1.37. The number of para-hydroxylation sites is 1. The van der Waals surface area contributed by atoms with Crippen LogP contribution in [0.1, 0.15) is 102 Å². The van der Waals surface area contributed by atoms with Crippen molar-refractivity contribution < 1.29 is 4.79 Å². The summed E-state index contributed by atoms with van der Waals surface area (Å²) < 4.78 is 0. The van der Waals surface area contributed by atoms with Crippen LogP contribution in [-0.4, -0.2) is 17.4 Å². The number of nitrogens with one attached hydrogen (secondary N) is 2. The van der Waals surface area contributed by atoms with Crippen LogP contribution >= 0.6 is 0 Å². The molecule has 172 valence electrons. The third kappa shape index (κ3) is 11.2. The van der Waals surface area contributed by atoms with Gasteiger partial charge in [-0.25, -0.2) is 0 Å². The van der Waals surface area contributed by atoms with Crippen LogP contribution < -0.4 is 5.32 Å². The molecule has 1 aromatic heterocycles. The van der Waals surface area contributed by atoms with E-state index < -0.39 is 0 Å². The Morgan fingerprint density at radius 1 is 0.871 bits per heavy atom. The Bertz CT molecular complexity index is 746. The van der Waals surface area contributed by atoms with Gasteiger partial charge in [-0.3, -0.25) is 4.79 Å². The summed E-state index contributed by atoms with van der Waals surface area (Å²) in [5.41, 5.74) is 2.44. The molecule has 0 saturated heterocycles. The highest BCUT2D eigenvalue weighted by molar-refractivity contribution is 5.83. The predicted molar refractivity (Wildman–Crippen MR) is 134 cm³/mol. The number of hydrogen-bond acceptors (Lipinski definition) is 1. The highest BCUT2D eigenvalue weighted by atomic mass is 16.1. The summed E-state index contributed by atoms with van der Waals surface area (Å²) in [5.74, 6) is 0.192. The summed E-state index contributed by atoms with van der Waals surface area (Å²) in [4.78, 5) is 15.3. The number of amides is 1. The fourth-order valence-electron chi connectivity index (χ4n) is 4.12. The zero-order chi connectivity index (χ0) is 22.0. The summed E-state index contributed by atoms with van der Waals surface area (Å²) in [6, 6.07) is 8.32. The van der Waals surface area contributed by atoms with Crippen LogP contribution in [0.15, 0.2) is 42.6 Å². The summed E-state index contributed by atoms with van der Waals surface area (Å²) in [6.45, 7) is 2.99. The third-order valence-corrected chi connectivity index (χ3v) is 6.06. The fourth-order valence-corrected chi connectivity index (χ4v) is 4.12. The number of aromatic amines is 1. The minimum absolute atomic E-state index is 0.192. The van der Waals surface area contributed by atoms with Gasteiger partial charge in [-0.1, -0.05) is 88.6 Å². The minimum atomic E-state index is 0.192. The van der Waals surface area contributed by atoms with Gasteiger partial charge < -0.3 is 10.3 Å². The summed E-state index contributed by atoms with van der Waals surface area (Å²) in [5, 5.41) is 4.33. The average molecular weight is 425 g/mol. The van der Waals surface area contributed by atoms with E-state index in [1.54, 1.807) is 0 Å². The van der Waals surface area contributed by atoms with E-state index in [-0.39, 0.29) is 5.91 Å². The maximum Gasteiger partial charge on any atom is 0.220 e. The van der Waals surface area contributed by atoms with Crippen molar-refractivity contribution in [1.29, 1.82) is 0 Å². The molecule has 3 nitrogen and oxygen atoms in total. The molecule has 0 bridgehead atoms. The zero-order valence-electron chi connectivity index (χ0n) is 19.8. The van der Waals surface area contributed by atoms with Gasteiger partial charge in [0.15, 0.2) is 0 Å². The second-order valence-corrected chi connectivity index (χ2v) is 8.79. The standard InChI is InChI=1S/C28H44N2O/c1-2-3-4-5-6-7-8-9-10-11-12-13-14-15-16-21-28(31)29-23-22-25-24-30-27-20-18-17-19-26(25)27/h9-10,17-20,24,30H,2-8,11-16,21-23H2,1H3,(H,29,31)/b10-9-. The van der Waals surface area contributed by atoms with E-state index in [9.17, 15) is 4.79 Å². The molecule has 0 fully saturated rings. The molecule has 2 N–H and O–H groups in total. The molecule has 3 heteroatoms. The molecule has 0 unspecified atom stereocenters. The smallest absolute Gasteiger partial charge is 0.220 e. The number of fused-ring (bicyclic) bond motifs is 1. The molecule has 0 atom stereocenters. The van der Waals surface area contributed by atoms with Gasteiger partial charge in [0, 0.05) is 30.1 Å². The maximum atomic E-state index is 12.0. The molecule has 1 heterocycles. The second-order valence-electron chi connectivity index (χ2n) is 8.79. The number of rotatable bonds is 18. The third-order valence-electron chi connectivity index (χ3n) is 6.06. The van der Waals surface area contributed by atoms with Crippen LogP contribution in [0.2, 0.25) is 0 Å². The number of allylic oxidation sites excluding steroid dienone is 2. The fraction of sp³-hybridized carbons (Fsp3) is 0.607. The topological polar surface area (TPSA) is 44.9 Å². The summed E-state index contributed by atoms with van der Waals surface area (Å²) >= 11 is 0. The Morgan fingerprint density at radius 2 is 1.52 bits per heavy atom. The van der Waals surface area contributed by atoms with Crippen molar-refractivity contribution in [2.75, 3.05) is 6.54 Å². The van der Waals surface area contributed by atoms with E-state index in [0.717, 1.165) is 24.8 Å². The maximum absolute atomic E-state index is 12.0. The zero-order valence-corrected chi connectivity index (χ0v) is 19.8. The minimum Gasteiger partial charge on any atom is -0.361 e. The van der Waals surface area contributed by atoms with Crippen LogP contribution in [0.5, 0.6) is 0 Å². The van der Waals surface area contributed by atoms with Gasteiger partial charge in [0.1, 0.15) is 0 Å². The Hall–Kier alpha value is -2.03. The SMILES string of the molecule is CCCCCCCC/C=C\CCCCCCCC(=O)NCCc1c[nH]c2ccccc12. The number of hydrogen-bond donors (Lipinski definition) is 2. The van der Waals surface area contributed by atoms with Gasteiger partial charge in [0.05, 0.1) is 0 Å². The average Bonchev–Trinajstić information content (AvgIpc) is 3.19. The molecule has 0 aliphatic carbocycles. The van der Waals surface area contributed by atoms with Gasteiger partial charge in [-0.05, 0) is 50.2 Å². The van der Waals surface area contributed by atoms with E-state index in [0.29, 0.717) is 13.0 Å². The van der Waals surface area contributed by atoms with E-state index >= 15 is 0 Å². The Labute approximate surface area is 190 Å². The van der Waals surface area contributed by atoms with Crippen LogP contribution in [0.4, 0.5) is 0 Å². The Kier molecular flexibility index (Phi) is 13.5. The monoisotopic (exact) mass is 424 g/mol. The first kappa shape index (κ1) is 25.2. The van der Waals surface area contributed by atoms with Crippen LogP contribution in [0, 0.1) is 0 Å². The van der Waals surface area contributed by atoms with Gasteiger partial charge in [-0.2, -0.15) is 0 Å². The van der Waals surface area contributed by atoms with Crippen molar-refractivity contribution in [1.82, 2.24) is 10.3 Å². The molecule has 0 radical (unpaired) electrons. The van der Waals surface area contributed by atoms with Gasteiger partial charge in [0.25, 0.3) is 0 Å². The van der Waals surface area contributed by atoms with Gasteiger partial charge in [0.2, 0.25) is 5.91 Å². The lowest BCUT2D eigenvalue weighted by molar-refractivity contribution is -0.121. The second kappa shape index (κ2) is 16.6. The van der Waals surface area contributed by atoms with Crippen LogP contribution in [0.3, 0.4) is 0 Å². The van der Waals surface area contributed by atoms with Crippen molar-refractivity contribution >= 4 is 16.8 Å².